The summed E-state index contributed by atoms with van der Waals surface area (Å²) in [6, 6.07) is 10.4. The van der Waals surface area contributed by atoms with Crippen molar-refractivity contribution < 1.29 is 9.59 Å². The lowest BCUT2D eigenvalue weighted by Crippen LogP contribution is -2.46. The molecule has 6 heteroatoms. The van der Waals surface area contributed by atoms with Gasteiger partial charge in [-0.3, -0.25) is 14.6 Å². The summed E-state index contributed by atoms with van der Waals surface area (Å²) in [5, 5.41) is 3.57. The van der Waals surface area contributed by atoms with Crippen LogP contribution in [0, 0.1) is 0 Å². The minimum Gasteiger partial charge on any atom is -0.349 e. The normalized spacial score (nSPS) is 15.1. The highest BCUT2D eigenvalue weighted by molar-refractivity contribution is 6.30. The molecule has 0 bridgehead atoms. The first-order valence-electron chi connectivity index (χ1n) is 7.89. The molecule has 1 aromatic heterocycles. The van der Waals surface area contributed by atoms with Crippen LogP contribution in [-0.4, -0.2) is 40.8 Å². The van der Waals surface area contributed by atoms with Gasteiger partial charge >= 0.3 is 0 Å². The zero-order valence-electron chi connectivity index (χ0n) is 13.1. The van der Waals surface area contributed by atoms with Gasteiger partial charge < -0.3 is 10.2 Å². The van der Waals surface area contributed by atoms with Gasteiger partial charge in [0.05, 0.1) is 0 Å². The van der Waals surface area contributed by atoms with Crippen molar-refractivity contribution in [1.82, 2.24) is 15.2 Å². The van der Waals surface area contributed by atoms with Gasteiger partial charge in [-0.25, -0.2) is 0 Å². The van der Waals surface area contributed by atoms with Gasteiger partial charge in [0, 0.05) is 47.7 Å². The average Bonchev–Trinajstić information content (AvgIpc) is 2.62. The summed E-state index contributed by atoms with van der Waals surface area (Å²) in [5.41, 5.74) is 1.20. The molecule has 0 atom stereocenters. The lowest BCUT2D eigenvalue weighted by Gasteiger charge is -2.32. The third-order valence-electron chi connectivity index (χ3n) is 4.13. The Morgan fingerprint density at radius 3 is 2.46 bits per heavy atom. The molecule has 1 aliphatic heterocycles. The van der Waals surface area contributed by atoms with Gasteiger partial charge in [0.2, 0.25) is 0 Å². The second-order valence-electron chi connectivity index (χ2n) is 5.79. The molecule has 1 aliphatic rings. The summed E-state index contributed by atoms with van der Waals surface area (Å²) < 4.78 is 0. The number of carbonyl (C=O) groups excluding carboxylic acids is 2. The molecule has 5 nitrogen and oxygen atoms in total. The first-order chi connectivity index (χ1) is 11.6. The van der Waals surface area contributed by atoms with Crippen LogP contribution in [0.4, 0.5) is 0 Å². The highest BCUT2D eigenvalue weighted by atomic mass is 35.5. The Morgan fingerprint density at radius 1 is 1.08 bits per heavy atom. The maximum atomic E-state index is 12.5. The van der Waals surface area contributed by atoms with Crippen LogP contribution >= 0.6 is 11.6 Å². The Hall–Kier alpha value is -2.40. The van der Waals surface area contributed by atoms with Crippen molar-refractivity contribution in [3.63, 3.8) is 0 Å². The fourth-order valence-electron chi connectivity index (χ4n) is 2.80. The van der Waals surface area contributed by atoms with E-state index in [0.29, 0.717) is 29.2 Å². The topological polar surface area (TPSA) is 62.3 Å². The summed E-state index contributed by atoms with van der Waals surface area (Å²) in [6.07, 6.45) is 4.68. The molecule has 2 amide bonds. The van der Waals surface area contributed by atoms with Crippen molar-refractivity contribution in [1.29, 1.82) is 0 Å². The summed E-state index contributed by atoms with van der Waals surface area (Å²) in [5.74, 6) is -0.117. The fraction of sp³-hybridized carbons (Fsp3) is 0.278. The quantitative estimate of drug-likeness (QED) is 0.932. The summed E-state index contributed by atoms with van der Waals surface area (Å²) in [7, 11) is 0. The van der Waals surface area contributed by atoms with E-state index < -0.39 is 0 Å². The van der Waals surface area contributed by atoms with E-state index in [4.69, 9.17) is 11.6 Å². The molecule has 2 heterocycles. The lowest BCUT2D eigenvalue weighted by molar-refractivity contribution is 0.0698. The number of hydrogen-bond acceptors (Lipinski definition) is 3. The van der Waals surface area contributed by atoms with E-state index in [1.807, 2.05) is 0 Å². The smallest absolute Gasteiger partial charge is 0.253 e. The summed E-state index contributed by atoms with van der Waals surface area (Å²) in [4.78, 5) is 30.3. The van der Waals surface area contributed by atoms with Crippen LogP contribution in [-0.2, 0) is 0 Å². The molecule has 1 aromatic carbocycles. The third-order valence-corrected chi connectivity index (χ3v) is 4.37. The van der Waals surface area contributed by atoms with E-state index in [0.717, 1.165) is 12.8 Å². The number of amides is 2. The van der Waals surface area contributed by atoms with Gasteiger partial charge in [-0.15, -0.1) is 0 Å². The molecule has 2 aromatic rings. The van der Waals surface area contributed by atoms with Crippen molar-refractivity contribution in [2.24, 2.45) is 0 Å². The van der Waals surface area contributed by atoms with E-state index in [9.17, 15) is 9.59 Å². The second-order valence-corrected chi connectivity index (χ2v) is 6.22. The molecule has 1 saturated heterocycles. The van der Waals surface area contributed by atoms with Crippen molar-refractivity contribution in [3.05, 3.63) is 64.9 Å². The van der Waals surface area contributed by atoms with Gasteiger partial charge in [0.1, 0.15) is 0 Å². The number of pyridine rings is 1. The second kappa shape index (κ2) is 7.45. The van der Waals surface area contributed by atoms with Gasteiger partial charge in [0.25, 0.3) is 11.8 Å². The Kier molecular flexibility index (Phi) is 5.11. The monoisotopic (exact) mass is 343 g/mol. The number of carbonyl (C=O) groups is 2. The predicted molar refractivity (Wildman–Crippen MR) is 92.1 cm³/mol. The van der Waals surface area contributed by atoms with Gasteiger partial charge in [0.15, 0.2) is 0 Å². The van der Waals surface area contributed by atoms with E-state index in [2.05, 4.69) is 10.3 Å². The number of nitrogens with zero attached hydrogens (tertiary/aromatic N) is 2. The molecule has 3 rings (SSSR count). The molecular weight excluding hydrogens is 326 g/mol. The molecule has 0 unspecified atom stereocenters. The SMILES string of the molecule is O=C(NC1CCN(C(=O)c2cccc(Cl)c2)CC1)c1ccncc1. The van der Waals surface area contributed by atoms with Crippen LogP contribution in [0.15, 0.2) is 48.8 Å². The average molecular weight is 344 g/mol. The number of nitrogens with one attached hydrogen (secondary N) is 1. The fourth-order valence-corrected chi connectivity index (χ4v) is 2.99. The minimum absolute atomic E-state index is 0.0172. The van der Waals surface area contributed by atoms with Crippen LogP contribution in [0.3, 0.4) is 0 Å². The van der Waals surface area contributed by atoms with Gasteiger partial charge in [-0.1, -0.05) is 17.7 Å². The number of likely N-dealkylation sites (tertiary alicyclic amines) is 1. The Morgan fingerprint density at radius 2 is 1.79 bits per heavy atom. The molecule has 24 heavy (non-hydrogen) atoms. The third kappa shape index (κ3) is 3.92. The Balaban J connectivity index is 1.54. The van der Waals surface area contributed by atoms with Crippen LogP contribution in [0.1, 0.15) is 33.6 Å². The molecule has 1 N–H and O–H groups in total. The van der Waals surface area contributed by atoms with Crippen molar-refractivity contribution >= 4 is 23.4 Å². The zero-order valence-corrected chi connectivity index (χ0v) is 13.9. The van der Waals surface area contributed by atoms with Crippen LogP contribution < -0.4 is 5.32 Å². The number of hydrogen-bond donors (Lipinski definition) is 1. The molecule has 124 valence electrons. The summed E-state index contributed by atoms with van der Waals surface area (Å²) >= 11 is 5.94. The highest BCUT2D eigenvalue weighted by Crippen LogP contribution is 2.17. The van der Waals surface area contributed by atoms with Crippen LogP contribution in [0.25, 0.3) is 0 Å². The molecule has 1 fully saturated rings. The number of piperidine rings is 1. The molecule has 0 radical (unpaired) electrons. The number of rotatable bonds is 3. The molecule has 0 spiro atoms. The summed E-state index contributed by atoms with van der Waals surface area (Å²) in [6.45, 7) is 1.24. The zero-order chi connectivity index (χ0) is 16.9. The first kappa shape index (κ1) is 16.5. The number of halogens is 1. The lowest BCUT2D eigenvalue weighted by atomic mass is 10.0. The van der Waals surface area contributed by atoms with Gasteiger partial charge in [-0.2, -0.15) is 0 Å². The van der Waals surface area contributed by atoms with Gasteiger partial charge in [-0.05, 0) is 43.2 Å². The van der Waals surface area contributed by atoms with E-state index >= 15 is 0 Å². The largest absolute Gasteiger partial charge is 0.349 e. The Bertz CT molecular complexity index is 728. The maximum Gasteiger partial charge on any atom is 0.253 e. The first-order valence-corrected chi connectivity index (χ1v) is 8.27. The van der Waals surface area contributed by atoms with E-state index in [-0.39, 0.29) is 17.9 Å². The molecule has 0 saturated carbocycles. The predicted octanol–water partition coefficient (Wildman–Crippen LogP) is 2.77. The Labute approximate surface area is 145 Å². The molecule has 0 aliphatic carbocycles. The van der Waals surface area contributed by atoms with Crippen molar-refractivity contribution in [2.75, 3.05) is 13.1 Å². The number of benzene rings is 1. The number of aromatic nitrogens is 1. The minimum atomic E-state index is -0.1000. The van der Waals surface area contributed by atoms with Crippen molar-refractivity contribution in [2.45, 2.75) is 18.9 Å². The maximum absolute atomic E-state index is 12.5. The van der Waals surface area contributed by atoms with Crippen LogP contribution in [0.5, 0.6) is 0 Å². The van der Waals surface area contributed by atoms with Crippen molar-refractivity contribution in [3.8, 4) is 0 Å². The standard InChI is InChI=1S/C18H18ClN3O2/c19-15-3-1-2-14(12-15)18(24)22-10-6-16(7-11-22)21-17(23)13-4-8-20-9-5-13/h1-5,8-9,12,16H,6-7,10-11H2,(H,21,23). The van der Waals surface area contributed by atoms with Crippen LogP contribution in [0.2, 0.25) is 5.02 Å². The van der Waals surface area contributed by atoms with E-state index in [1.54, 1.807) is 53.7 Å². The van der Waals surface area contributed by atoms with E-state index in [1.165, 1.54) is 0 Å². The highest BCUT2D eigenvalue weighted by Gasteiger charge is 2.24. The molecular formula is C18H18ClN3O2.